The minimum Gasteiger partial charge on any atom is -0.457 e. The van der Waals surface area contributed by atoms with Crippen LogP contribution < -0.4 is 0 Å². The maximum Gasteiger partial charge on any atom is 0.346 e. The Kier molecular flexibility index (Phi) is 5.84. The summed E-state index contributed by atoms with van der Waals surface area (Å²) in [5.41, 5.74) is 0.903. The second kappa shape index (κ2) is 8.06. The number of ether oxygens (including phenoxy) is 2. The van der Waals surface area contributed by atoms with Crippen LogP contribution in [0.5, 0.6) is 0 Å². The summed E-state index contributed by atoms with van der Waals surface area (Å²) < 4.78 is 9.99. The highest BCUT2D eigenvalue weighted by Crippen LogP contribution is 2.14. The third-order valence-electron chi connectivity index (χ3n) is 3.24. The SMILES string of the molecule is CC(C)C(=O)OC(=O)c1ccccc1C(=O)OCc1ccccc1. The molecular weight excluding hydrogens is 308 g/mol. The molecule has 5 nitrogen and oxygen atoms in total. The van der Waals surface area contributed by atoms with Gasteiger partial charge in [-0.05, 0) is 17.7 Å². The summed E-state index contributed by atoms with van der Waals surface area (Å²) in [7, 11) is 0. The molecule has 0 saturated carbocycles. The Balaban J connectivity index is 2.11. The highest BCUT2D eigenvalue weighted by Gasteiger charge is 2.22. The third-order valence-corrected chi connectivity index (χ3v) is 3.24. The first-order valence-electron chi connectivity index (χ1n) is 7.55. The minimum absolute atomic E-state index is 0.00422. The smallest absolute Gasteiger partial charge is 0.346 e. The topological polar surface area (TPSA) is 69.7 Å². The van der Waals surface area contributed by atoms with Crippen LogP contribution >= 0.6 is 0 Å². The van der Waals surface area contributed by atoms with E-state index in [2.05, 4.69) is 0 Å². The average Bonchev–Trinajstić information content (AvgIpc) is 2.60. The number of carbonyl (C=O) groups is 3. The molecule has 0 unspecified atom stereocenters. The van der Waals surface area contributed by atoms with Gasteiger partial charge in [0, 0.05) is 0 Å². The van der Waals surface area contributed by atoms with E-state index >= 15 is 0 Å². The number of carbonyl (C=O) groups excluding carboxylic acids is 3. The lowest BCUT2D eigenvalue weighted by molar-refractivity contribution is -0.141. The molecule has 0 bridgehead atoms. The molecule has 0 spiro atoms. The maximum absolute atomic E-state index is 12.2. The maximum atomic E-state index is 12.2. The predicted molar refractivity (Wildman–Crippen MR) is 87.3 cm³/mol. The van der Waals surface area contributed by atoms with Gasteiger partial charge in [0.1, 0.15) is 6.61 Å². The van der Waals surface area contributed by atoms with Crippen molar-refractivity contribution in [1.82, 2.24) is 0 Å². The molecule has 2 aromatic rings. The largest absolute Gasteiger partial charge is 0.457 e. The molecule has 0 N–H and O–H groups in total. The van der Waals surface area contributed by atoms with Gasteiger partial charge in [0.15, 0.2) is 0 Å². The molecule has 0 aliphatic heterocycles. The molecule has 0 fully saturated rings. The molecule has 2 aromatic carbocycles. The van der Waals surface area contributed by atoms with Crippen LogP contribution in [0.2, 0.25) is 0 Å². The van der Waals surface area contributed by atoms with Crippen LogP contribution in [-0.2, 0) is 20.9 Å². The Morgan fingerprint density at radius 2 is 1.38 bits per heavy atom. The lowest BCUT2D eigenvalue weighted by Gasteiger charge is -2.10. The van der Waals surface area contributed by atoms with Gasteiger partial charge >= 0.3 is 17.9 Å². The van der Waals surface area contributed by atoms with Crippen LogP contribution in [-0.4, -0.2) is 17.9 Å². The van der Waals surface area contributed by atoms with Gasteiger partial charge in [0.2, 0.25) is 0 Å². The molecule has 0 saturated heterocycles. The van der Waals surface area contributed by atoms with E-state index in [0.29, 0.717) is 0 Å². The Bertz CT molecular complexity index is 734. The van der Waals surface area contributed by atoms with Crippen LogP contribution in [0.1, 0.15) is 40.1 Å². The summed E-state index contributed by atoms with van der Waals surface area (Å²) >= 11 is 0. The van der Waals surface area contributed by atoms with Crippen molar-refractivity contribution < 1.29 is 23.9 Å². The van der Waals surface area contributed by atoms with Gasteiger partial charge in [-0.15, -0.1) is 0 Å². The number of rotatable bonds is 5. The van der Waals surface area contributed by atoms with E-state index in [1.54, 1.807) is 26.0 Å². The molecule has 0 atom stereocenters. The van der Waals surface area contributed by atoms with Gasteiger partial charge in [-0.3, -0.25) is 4.79 Å². The first-order valence-corrected chi connectivity index (χ1v) is 7.55. The van der Waals surface area contributed by atoms with Crippen LogP contribution in [0.3, 0.4) is 0 Å². The molecule has 0 aromatic heterocycles. The fraction of sp³-hybridized carbons (Fsp3) is 0.211. The van der Waals surface area contributed by atoms with Crippen molar-refractivity contribution in [1.29, 1.82) is 0 Å². The Morgan fingerprint density at radius 3 is 1.96 bits per heavy atom. The van der Waals surface area contributed by atoms with Gasteiger partial charge in [0.25, 0.3) is 0 Å². The molecule has 0 aliphatic rings. The molecular formula is C19H18O5. The number of benzene rings is 2. The highest BCUT2D eigenvalue weighted by atomic mass is 16.6. The second-order valence-corrected chi connectivity index (χ2v) is 5.47. The average molecular weight is 326 g/mol. The number of esters is 3. The zero-order valence-corrected chi connectivity index (χ0v) is 13.5. The van der Waals surface area contributed by atoms with Crippen molar-refractivity contribution in [3.05, 3.63) is 71.3 Å². The number of hydrogen-bond acceptors (Lipinski definition) is 5. The minimum atomic E-state index is -0.860. The van der Waals surface area contributed by atoms with Gasteiger partial charge < -0.3 is 9.47 Å². The molecule has 0 heterocycles. The van der Waals surface area contributed by atoms with E-state index in [0.717, 1.165) is 5.56 Å². The summed E-state index contributed by atoms with van der Waals surface area (Å²) in [5.74, 6) is -2.59. The van der Waals surface area contributed by atoms with E-state index in [1.165, 1.54) is 12.1 Å². The Hall–Kier alpha value is -2.95. The monoisotopic (exact) mass is 326 g/mol. The second-order valence-electron chi connectivity index (χ2n) is 5.47. The summed E-state index contributed by atoms with van der Waals surface area (Å²) in [6.45, 7) is 3.33. The molecule has 0 amide bonds. The molecule has 0 aliphatic carbocycles. The summed E-state index contributed by atoms with van der Waals surface area (Å²) in [4.78, 5) is 35.9. The first-order chi connectivity index (χ1) is 11.5. The van der Waals surface area contributed by atoms with Crippen LogP contribution in [0.4, 0.5) is 0 Å². The highest BCUT2D eigenvalue weighted by molar-refractivity contribution is 6.05. The van der Waals surface area contributed by atoms with Crippen molar-refractivity contribution >= 4 is 17.9 Å². The van der Waals surface area contributed by atoms with Crippen molar-refractivity contribution in [2.75, 3.05) is 0 Å². The van der Waals surface area contributed by atoms with Gasteiger partial charge in [0.05, 0.1) is 17.0 Å². The van der Waals surface area contributed by atoms with E-state index in [-0.39, 0.29) is 17.7 Å². The van der Waals surface area contributed by atoms with Crippen LogP contribution in [0, 0.1) is 5.92 Å². The Morgan fingerprint density at radius 1 is 0.833 bits per heavy atom. The van der Waals surface area contributed by atoms with E-state index in [1.807, 2.05) is 30.3 Å². The third kappa shape index (κ3) is 4.52. The molecule has 2 rings (SSSR count). The van der Waals surface area contributed by atoms with E-state index in [9.17, 15) is 14.4 Å². The van der Waals surface area contributed by atoms with Crippen molar-refractivity contribution in [3.63, 3.8) is 0 Å². The van der Waals surface area contributed by atoms with Crippen molar-refractivity contribution in [3.8, 4) is 0 Å². The quantitative estimate of drug-likeness (QED) is 0.622. The normalized spacial score (nSPS) is 10.3. The van der Waals surface area contributed by atoms with Gasteiger partial charge in [-0.2, -0.15) is 0 Å². The number of hydrogen-bond donors (Lipinski definition) is 0. The summed E-state index contributed by atoms with van der Waals surface area (Å²) in [6.07, 6.45) is 0. The van der Waals surface area contributed by atoms with E-state index in [4.69, 9.17) is 9.47 Å². The standard InChI is InChI=1S/C19H18O5/c1-13(2)17(20)24-19(22)16-11-7-6-10-15(16)18(21)23-12-14-8-4-3-5-9-14/h3-11,13H,12H2,1-2H3. The zero-order valence-electron chi connectivity index (χ0n) is 13.5. The fourth-order valence-electron chi connectivity index (χ4n) is 1.90. The van der Waals surface area contributed by atoms with E-state index < -0.39 is 23.8 Å². The molecule has 0 radical (unpaired) electrons. The first kappa shape index (κ1) is 17.4. The summed E-state index contributed by atoms with van der Waals surface area (Å²) in [6, 6.07) is 15.3. The van der Waals surface area contributed by atoms with Crippen molar-refractivity contribution in [2.24, 2.45) is 5.92 Å². The molecule has 24 heavy (non-hydrogen) atoms. The lowest BCUT2D eigenvalue weighted by Crippen LogP contribution is -2.20. The van der Waals surface area contributed by atoms with Crippen LogP contribution in [0.15, 0.2) is 54.6 Å². The predicted octanol–water partition coefficient (Wildman–Crippen LogP) is 3.38. The fourth-order valence-corrected chi connectivity index (χ4v) is 1.90. The van der Waals surface area contributed by atoms with Gasteiger partial charge in [-0.25, -0.2) is 9.59 Å². The van der Waals surface area contributed by atoms with Crippen molar-refractivity contribution in [2.45, 2.75) is 20.5 Å². The lowest BCUT2D eigenvalue weighted by atomic mass is 10.1. The zero-order chi connectivity index (χ0) is 17.5. The Labute approximate surface area is 140 Å². The van der Waals surface area contributed by atoms with Crippen LogP contribution in [0.25, 0.3) is 0 Å². The summed E-state index contributed by atoms with van der Waals surface area (Å²) in [5, 5.41) is 0. The molecule has 124 valence electrons. The molecule has 5 heteroatoms. The van der Waals surface area contributed by atoms with Gasteiger partial charge in [-0.1, -0.05) is 56.3 Å².